The largest absolute Gasteiger partial charge is 0.419 e. The first-order chi connectivity index (χ1) is 7.93. The van der Waals surface area contributed by atoms with Gasteiger partial charge < -0.3 is 5.32 Å². The summed E-state index contributed by atoms with van der Waals surface area (Å²) < 4.78 is 50.5. The minimum atomic E-state index is -4.63. The standard InChI is InChI=1S/C12H13F4N/c1-17-11(7-2-3-7)8-4-5-9(10(13)6-8)12(14,15)16/h4-7,11,17H,2-3H2,1H3. The summed E-state index contributed by atoms with van der Waals surface area (Å²) in [6, 6.07) is 3.11. The van der Waals surface area contributed by atoms with E-state index in [9.17, 15) is 17.6 Å². The Labute approximate surface area is 96.8 Å². The van der Waals surface area contributed by atoms with E-state index in [1.807, 2.05) is 0 Å². The van der Waals surface area contributed by atoms with E-state index in [2.05, 4.69) is 5.32 Å². The molecular formula is C12H13F4N. The third-order valence-electron chi connectivity index (χ3n) is 3.06. The summed E-state index contributed by atoms with van der Waals surface area (Å²) in [5, 5.41) is 3.02. The van der Waals surface area contributed by atoms with Crippen LogP contribution in [0, 0.1) is 11.7 Å². The fourth-order valence-corrected chi connectivity index (χ4v) is 2.06. The lowest BCUT2D eigenvalue weighted by molar-refractivity contribution is -0.140. The molecule has 1 nitrogen and oxygen atoms in total. The van der Waals surface area contributed by atoms with Gasteiger partial charge in [-0.05, 0) is 43.5 Å². The molecule has 1 aromatic carbocycles. The Balaban J connectivity index is 2.29. The first kappa shape index (κ1) is 12.4. The molecule has 0 bridgehead atoms. The van der Waals surface area contributed by atoms with Gasteiger partial charge in [-0.15, -0.1) is 0 Å². The van der Waals surface area contributed by atoms with Gasteiger partial charge in [-0.2, -0.15) is 13.2 Å². The van der Waals surface area contributed by atoms with Gasteiger partial charge in [-0.25, -0.2) is 4.39 Å². The molecule has 0 aliphatic heterocycles. The molecule has 2 rings (SSSR count). The number of rotatable bonds is 3. The topological polar surface area (TPSA) is 12.0 Å². The second-order valence-electron chi connectivity index (χ2n) is 4.34. The second kappa shape index (κ2) is 4.29. The molecule has 17 heavy (non-hydrogen) atoms. The predicted molar refractivity (Wildman–Crippen MR) is 55.9 cm³/mol. The van der Waals surface area contributed by atoms with Gasteiger partial charge >= 0.3 is 6.18 Å². The van der Waals surface area contributed by atoms with E-state index >= 15 is 0 Å². The van der Waals surface area contributed by atoms with Gasteiger partial charge in [-0.1, -0.05) is 6.07 Å². The van der Waals surface area contributed by atoms with E-state index in [1.165, 1.54) is 6.07 Å². The third-order valence-corrected chi connectivity index (χ3v) is 3.06. The van der Waals surface area contributed by atoms with Gasteiger partial charge in [0.2, 0.25) is 0 Å². The number of benzene rings is 1. The zero-order chi connectivity index (χ0) is 12.6. The highest BCUT2D eigenvalue weighted by atomic mass is 19.4. The maximum Gasteiger partial charge on any atom is 0.419 e. The Morgan fingerprint density at radius 3 is 2.35 bits per heavy atom. The van der Waals surface area contributed by atoms with Crippen molar-refractivity contribution in [1.29, 1.82) is 0 Å². The van der Waals surface area contributed by atoms with E-state index in [1.54, 1.807) is 7.05 Å². The van der Waals surface area contributed by atoms with Crippen LogP contribution in [0.5, 0.6) is 0 Å². The van der Waals surface area contributed by atoms with Gasteiger partial charge in [0.1, 0.15) is 5.82 Å². The maximum atomic E-state index is 13.4. The highest BCUT2D eigenvalue weighted by Crippen LogP contribution is 2.41. The second-order valence-corrected chi connectivity index (χ2v) is 4.34. The van der Waals surface area contributed by atoms with Gasteiger partial charge in [-0.3, -0.25) is 0 Å². The highest BCUT2D eigenvalue weighted by molar-refractivity contribution is 5.29. The molecule has 1 unspecified atom stereocenters. The van der Waals surface area contributed by atoms with Crippen LogP contribution in [0.2, 0.25) is 0 Å². The SMILES string of the molecule is CNC(c1ccc(C(F)(F)F)c(F)c1)C1CC1. The summed E-state index contributed by atoms with van der Waals surface area (Å²) in [7, 11) is 1.73. The fraction of sp³-hybridized carbons (Fsp3) is 0.500. The molecule has 0 radical (unpaired) electrons. The van der Waals surface area contributed by atoms with Crippen LogP contribution in [0.3, 0.4) is 0 Å². The molecule has 5 heteroatoms. The maximum absolute atomic E-state index is 13.4. The van der Waals surface area contributed by atoms with E-state index in [4.69, 9.17) is 0 Å². The molecule has 0 spiro atoms. The minimum absolute atomic E-state index is 0.0493. The van der Waals surface area contributed by atoms with Gasteiger partial charge in [0.25, 0.3) is 0 Å². The van der Waals surface area contributed by atoms with Crippen molar-refractivity contribution in [3.05, 3.63) is 35.1 Å². The van der Waals surface area contributed by atoms with E-state index in [0.29, 0.717) is 11.5 Å². The predicted octanol–water partition coefficient (Wildman–Crippen LogP) is 3.52. The van der Waals surface area contributed by atoms with Crippen molar-refractivity contribution in [1.82, 2.24) is 5.32 Å². The zero-order valence-electron chi connectivity index (χ0n) is 9.31. The van der Waals surface area contributed by atoms with E-state index in [-0.39, 0.29) is 6.04 Å². The monoisotopic (exact) mass is 247 g/mol. The summed E-state index contributed by atoms with van der Waals surface area (Å²) in [6.45, 7) is 0. The lowest BCUT2D eigenvalue weighted by Gasteiger charge is -2.17. The summed E-state index contributed by atoms with van der Waals surface area (Å²) in [5.74, 6) is -0.785. The van der Waals surface area contributed by atoms with Gasteiger partial charge in [0, 0.05) is 6.04 Å². The molecule has 0 amide bonds. The molecule has 0 heterocycles. The molecule has 1 aromatic rings. The Morgan fingerprint density at radius 2 is 1.94 bits per heavy atom. The number of alkyl halides is 3. The number of nitrogens with one attached hydrogen (secondary N) is 1. The lowest BCUT2D eigenvalue weighted by atomic mass is 10.0. The van der Waals surface area contributed by atoms with Crippen LogP contribution >= 0.6 is 0 Å². The van der Waals surface area contributed by atoms with E-state index < -0.39 is 17.6 Å². The number of hydrogen-bond donors (Lipinski definition) is 1. The first-order valence-electron chi connectivity index (χ1n) is 5.47. The van der Waals surface area contributed by atoms with Crippen molar-refractivity contribution in [2.24, 2.45) is 5.92 Å². The molecule has 1 aliphatic carbocycles. The molecule has 0 saturated heterocycles. The van der Waals surface area contributed by atoms with Crippen molar-refractivity contribution in [2.75, 3.05) is 7.05 Å². The third kappa shape index (κ3) is 2.60. The zero-order valence-corrected chi connectivity index (χ0v) is 9.31. The Morgan fingerprint density at radius 1 is 1.29 bits per heavy atom. The molecule has 0 aromatic heterocycles. The van der Waals surface area contributed by atoms with Crippen LogP contribution in [0.15, 0.2) is 18.2 Å². The Hall–Kier alpha value is -1.10. The quantitative estimate of drug-likeness (QED) is 0.806. The minimum Gasteiger partial charge on any atom is -0.313 e. The van der Waals surface area contributed by atoms with Gasteiger partial charge in [0.15, 0.2) is 0 Å². The van der Waals surface area contributed by atoms with Crippen molar-refractivity contribution < 1.29 is 17.6 Å². The Kier molecular flexibility index (Phi) is 3.12. The molecule has 1 aliphatic rings. The van der Waals surface area contributed by atoms with Gasteiger partial charge in [0.05, 0.1) is 5.56 Å². The van der Waals surface area contributed by atoms with Crippen LogP contribution < -0.4 is 5.32 Å². The highest BCUT2D eigenvalue weighted by Gasteiger charge is 2.36. The number of hydrogen-bond acceptors (Lipinski definition) is 1. The molecular weight excluding hydrogens is 234 g/mol. The average molecular weight is 247 g/mol. The molecule has 1 fully saturated rings. The summed E-state index contributed by atoms with van der Waals surface area (Å²) >= 11 is 0. The smallest absolute Gasteiger partial charge is 0.313 e. The van der Waals surface area contributed by atoms with Crippen LogP contribution in [0.25, 0.3) is 0 Å². The van der Waals surface area contributed by atoms with Crippen molar-refractivity contribution in [3.8, 4) is 0 Å². The normalized spacial score (nSPS) is 18.2. The van der Waals surface area contributed by atoms with Crippen LogP contribution in [0.4, 0.5) is 17.6 Å². The van der Waals surface area contributed by atoms with Crippen LogP contribution in [0.1, 0.15) is 30.0 Å². The van der Waals surface area contributed by atoms with Crippen molar-refractivity contribution in [2.45, 2.75) is 25.1 Å². The summed E-state index contributed by atoms with van der Waals surface area (Å²) in [5.41, 5.74) is -0.618. The molecule has 1 N–H and O–H groups in total. The van der Waals surface area contributed by atoms with Crippen LogP contribution in [-0.4, -0.2) is 7.05 Å². The molecule has 1 saturated carbocycles. The molecule has 1 atom stereocenters. The summed E-state index contributed by atoms with van der Waals surface area (Å²) in [6.07, 6.45) is -2.56. The average Bonchev–Trinajstić information content (AvgIpc) is 3.01. The van der Waals surface area contributed by atoms with E-state index in [0.717, 1.165) is 25.0 Å². The van der Waals surface area contributed by atoms with Crippen LogP contribution in [-0.2, 0) is 6.18 Å². The van der Waals surface area contributed by atoms with Crippen molar-refractivity contribution in [3.63, 3.8) is 0 Å². The first-order valence-corrected chi connectivity index (χ1v) is 5.47. The lowest BCUT2D eigenvalue weighted by Crippen LogP contribution is -2.19. The summed E-state index contributed by atoms with van der Waals surface area (Å²) in [4.78, 5) is 0. The Bertz CT molecular complexity index is 409. The van der Waals surface area contributed by atoms with Crippen molar-refractivity contribution >= 4 is 0 Å². The fourth-order valence-electron chi connectivity index (χ4n) is 2.06. The number of halogens is 4. The molecule has 94 valence electrons.